The molecule has 3 rings (SSSR count). The number of nitrogens with one attached hydrogen (secondary N) is 2. The molecule has 0 saturated carbocycles. The van der Waals surface area contributed by atoms with Gasteiger partial charge in [0.25, 0.3) is 0 Å². The smallest absolute Gasteiger partial charge is 0.321 e. The number of hydrogen-bond donors (Lipinski definition) is 2. The van der Waals surface area contributed by atoms with Crippen molar-refractivity contribution >= 4 is 23.7 Å². The summed E-state index contributed by atoms with van der Waals surface area (Å²) >= 11 is 1.16. The van der Waals surface area contributed by atoms with E-state index in [0.717, 1.165) is 11.8 Å². The molecule has 10 heteroatoms. The fourth-order valence-electron chi connectivity index (χ4n) is 2.19. The van der Waals surface area contributed by atoms with Crippen molar-refractivity contribution in [2.75, 3.05) is 5.75 Å². The van der Waals surface area contributed by atoms with Crippen LogP contribution in [-0.2, 0) is 17.9 Å². The van der Waals surface area contributed by atoms with Crippen molar-refractivity contribution in [1.82, 2.24) is 25.4 Å². The molecule has 0 saturated heterocycles. The van der Waals surface area contributed by atoms with Crippen LogP contribution in [0.4, 0.5) is 4.79 Å². The van der Waals surface area contributed by atoms with Crippen molar-refractivity contribution < 1.29 is 18.4 Å². The zero-order valence-corrected chi connectivity index (χ0v) is 15.1. The van der Waals surface area contributed by atoms with E-state index in [1.165, 1.54) is 6.26 Å². The SMILES string of the molecule is C=CCn1c(SCC(=O)NC(=O)NCc2ccco2)nnc1-c1ccco1. The first-order valence-corrected chi connectivity index (χ1v) is 8.96. The maximum atomic E-state index is 12.0. The Morgan fingerprint density at radius 1 is 1.22 bits per heavy atom. The van der Waals surface area contributed by atoms with Gasteiger partial charge >= 0.3 is 6.03 Å². The number of allylic oxidation sites excluding steroid dienone is 1. The predicted molar refractivity (Wildman–Crippen MR) is 97.7 cm³/mol. The van der Waals surface area contributed by atoms with Crippen LogP contribution in [0.25, 0.3) is 11.6 Å². The summed E-state index contributed by atoms with van der Waals surface area (Å²) in [6.07, 6.45) is 4.75. The number of amides is 3. The van der Waals surface area contributed by atoms with Gasteiger partial charge in [-0.1, -0.05) is 17.8 Å². The quantitative estimate of drug-likeness (QED) is 0.450. The maximum absolute atomic E-state index is 12.0. The third kappa shape index (κ3) is 4.88. The van der Waals surface area contributed by atoms with Crippen LogP contribution in [0, 0.1) is 0 Å². The summed E-state index contributed by atoms with van der Waals surface area (Å²) in [5.41, 5.74) is 0. The van der Waals surface area contributed by atoms with Gasteiger partial charge in [0.2, 0.25) is 11.7 Å². The minimum atomic E-state index is -0.596. The topological polar surface area (TPSA) is 115 Å². The van der Waals surface area contributed by atoms with Crippen molar-refractivity contribution in [3.63, 3.8) is 0 Å². The Morgan fingerprint density at radius 3 is 2.74 bits per heavy atom. The molecule has 0 unspecified atom stereocenters. The van der Waals surface area contributed by atoms with E-state index in [9.17, 15) is 9.59 Å². The first-order chi connectivity index (χ1) is 13.2. The summed E-state index contributed by atoms with van der Waals surface area (Å²) < 4.78 is 12.2. The highest BCUT2D eigenvalue weighted by molar-refractivity contribution is 7.99. The van der Waals surface area contributed by atoms with Gasteiger partial charge in [-0.3, -0.25) is 14.7 Å². The highest BCUT2D eigenvalue weighted by atomic mass is 32.2. The molecule has 27 heavy (non-hydrogen) atoms. The third-order valence-electron chi connectivity index (χ3n) is 3.36. The van der Waals surface area contributed by atoms with Crippen LogP contribution in [-0.4, -0.2) is 32.5 Å². The molecule has 0 spiro atoms. The molecule has 3 aromatic rings. The van der Waals surface area contributed by atoms with Gasteiger partial charge in [-0.2, -0.15) is 0 Å². The summed E-state index contributed by atoms with van der Waals surface area (Å²) in [5.74, 6) is 1.25. The van der Waals surface area contributed by atoms with Gasteiger partial charge < -0.3 is 14.2 Å². The zero-order chi connectivity index (χ0) is 19.1. The van der Waals surface area contributed by atoms with Crippen molar-refractivity contribution in [2.45, 2.75) is 18.2 Å². The lowest BCUT2D eigenvalue weighted by molar-refractivity contribution is -0.117. The van der Waals surface area contributed by atoms with Gasteiger partial charge in [0.15, 0.2) is 10.9 Å². The summed E-state index contributed by atoms with van der Waals surface area (Å²) in [6.45, 7) is 4.37. The molecule has 0 aliphatic heterocycles. The van der Waals surface area contributed by atoms with E-state index in [4.69, 9.17) is 8.83 Å². The van der Waals surface area contributed by atoms with E-state index in [-0.39, 0.29) is 12.3 Å². The predicted octanol–water partition coefficient (Wildman–Crippen LogP) is 2.44. The van der Waals surface area contributed by atoms with E-state index in [1.54, 1.807) is 41.2 Å². The first kappa shape index (κ1) is 18.5. The third-order valence-corrected chi connectivity index (χ3v) is 4.33. The summed E-state index contributed by atoms with van der Waals surface area (Å²) in [6, 6.07) is 6.37. The number of furan rings is 2. The second kappa shape index (κ2) is 8.90. The Balaban J connectivity index is 1.54. The van der Waals surface area contributed by atoms with Gasteiger partial charge in [-0.05, 0) is 24.3 Å². The molecule has 0 fully saturated rings. The van der Waals surface area contributed by atoms with Crippen molar-refractivity contribution in [3.8, 4) is 11.6 Å². The molecule has 3 aromatic heterocycles. The van der Waals surface area contributed by atoms with Gasteiger partial charge in [0.1, 0.15) is 5.76 Å². The van der Waals surface area contributed by atoms with Gasteiger partial charge in [-0.25, -0.2) is 4.79 Å². The van der Waals surface area contributed by atoms with Gasteiger partial charge in [0, 0.05) is 6.54 Å². The lowest BCUT2D eigenvalue weighted by Crippen LogP contribution is -2.39. The van der Waals surface area contributed by atoms with Crippen LogP contribution in [0.1, 0.15) is 5.76 Å². The molecule has 2 N–H and O–H groups in total. The van der Waals surface area contributed by atoms with Crippen LogP contribution in [0.3, 0.4) is 0 Å². The van der Waals surface area contributed by atoms with Crippen LogP contribution in [0.5, 0.6) is 0 Å². The molecular weight excluding hydrogens is 370 g/mol. The Morgan fingerprint density at radius 2 is 2.04 bits per heavy atom. The van der Waals surface area contributed by atoms with Crippen LogP contribution in [0.2, 0.25) is 0 Å². The molecule has 3 amide bonds. The molecule has 0 aliphatic carbocycles. The first-order valence-electron chi connectivity index (χ1n) is 7.98. The van der Waals surface area contributed by atoms with E-state index < -0.39 is 11.9 Å². The summed E-state index contributed by atoms with van der Waals surface area (Å²) in [4.78, 5) is 23.7. The summed E-state index contributed by atoms with van der Waals surface area (Å²) in [7, 11) is 0. The Hall–Kier alpha value is -3.27. The Bertz CT molecular complexity index is 902. The molecule has 140 valence electrons. The normalized spacial score (nSPS) is 10.5. The van der Waals surface area contributed by atoms with E-state index >= 15 is 0 Å². The van der Waals surface area contributed by atoms with Crippen molar-refractivity contribution in [2.24, 2.45) is 0 Å². The van der Waals surface area contributed by atoms with E-state index in [2.05, 4.69) is 27.4 Å². The zero-order valence-electron chi connectivity index (χ0n) is 14.3. The van der Waals surface area contributed by atoms with E-state index in [0.29, 0.717) is 29.0 Å². The van der Waals surface area contributed by atoms with Crippen molar-refractivity contribution in [1.29, 1.82) is 0 Å². The number of carbonyl (C=O) groups is 2. The minimum Gasteiger partial charge on any atom is -0.467 e. The largest absolute Gasteiger partial charge is 0.467 e. The number of thioether (sulfide) groups is 1. The standard InChI is InChI=1S/C17H17N5O4S/c1-2-7-22-15(13-6-4-9-26-13)20-21-17(22)27-11-14(23)19-16(24)18-10-12-5-3-8-25-12/h2-6,8-9H,1,7,10-11H2,(H2,18,19,23,24). The molecular formula is C17H17N5O4S. The number of hydrogen-bond acceptors (Lipinski definition) is 7. The van der Waals surface area contributed by atoms with Gasteiger partial charge in [0.05, 0.1) is 24.8 Å². The lowest BCUT2D eigenvalue weighted by atomic mass is 10.4. The number of urea groups is 1. The van der Waals surface area contributed by atoms with Crippen LogP contribution in [0.15, 0.2) is 63.4 Å². The van der Waals surface area contributed by atoms with Crippen LogP contribution >= 0.6 is 11.8 Å². The fraction of sp³-hybridized carbons (Fsp3) is 0.176. The monoisotopic (exact) mass is 387 g/mol. The highest BCUT2D eigenvalue weighted by Crippen LogP contribution is 2.24. The number of nitrogens with zero attached hydrogens (tertiary/aromatic N) is 3. The second-order valence-electron chi connectivity index (χ2n) is 5.28. The summed E-state index contributed by atoms with van der Waals surface area (Å²) in [5, 5.41) is 13.5. The molecule has 0 aliphatic rings. The van der Waals surface area contributed by atoms with E-state index in [1.807, 2.05) is 0 Å². The number of imide groups is 1. The molecule has 0 atom stereocenters. The Labute approximate surface area is 158 Å². The Kier molecular flexibility index (Phi) is 6.10. The van der Waals surface area contributed by atoms with Gasteiger partial charge in [-0.15, -0.1) is 16.8 Å². The molecule has 9 nitrogen and oxygen atoms in total. The fourth-order valence-corrected chi connectivity index (χ4v) is 2.94. The molecule has 3 heterocycles. The second-order valence-corrected chi connectivity index (χ2v) is 6.22. The van der Waals surface area contributed by atoms with Crippen molar-refractivity contribution in [3.05, 3.63) is 55.2 Å². The number of rotatable bonds is 8. The highest BCUT2D eigenvalue weighted by Gasteiger charge is 2.17. The minimum absolute atomic E-state index is 0.00159. The van der Waals surface area contributed by atoms with Crippen LogP contribution < -0.4 is 10.6 Å². The number of aromatic nitrogens is 3. The maximum Gasteiger partial charge on any atom is 0.321 e. The molecule has 0 aromatic carbocycles. The average molecular weight is 387 g/mol. The number of carbonyl (C=O) groups excluding carboxylic acids is 2. The average Bonchev–Trinajstić information content (AvgIpc) is 3.40. The lowest BCUT2D eigenvalue weighted by Gasteiger charge is -2.07. The molecule has 0 bridgehead atoms. The molecule has 0 radical (unpaired) electrons.